The third-order valence-corrected chi connectivity index (χ3v) is 4.37. The van der Waals surface area contributed by atoms with Crippen LogP contribution in [0.2, 0.25) is 0 Å². The average molecular weight is 301 g/mol. The molecule has 1 aromatic rings. The molecule has 0 aromatic carbocycles. The number of alkyl halides is 1. The highest BCUT2D eigenvalue weighted by Crippen LogP contribution is 2.21. The van der Waals surface area contributed by atoms with E-state index in [4.69, 9.17) is 5.10 Å². The van der Waals surface area contributed by atoms with Crippen LogP contribution in [-0.4, -0.2) is 14.6 Å². The lowest BCUT2D eigenvalue weighted by Gasteiger charge is -2.16. The van der Waals surface area contributed by atoms with Gasteiger partial charge in [0.1, 0.15) is 0 Å². The fourth-order valence-electron chi connectivity index (χ4n) is 2.25. The summed E-state index contributed by atoms with van der Waals surface area (Å²) < 4.78 is 2.14. The van der Waals surface area contributed by atoms with Crippen molar-refractivity contribution in [2.24, 2.45) is 5.92 Å². The molecule has 0 fully saturated rings. The Morgan fingerprint density at radius 2 is 1.88 bits per heavy atom. The Morgan fingerprint density at radius 3 is 2.35 bits per heavy atom. The fourth-order valence-corrected chi connectivity index (χ4v) is 2.81. The van der Waals surface area contributed by atoms with Crippen molar-refractivity contribution in [3.05, 3.63) is 18.0 Å². The van der Waals surface area contributed by atoms with Gasteiger partial charge in [0.15, 0.2) is 0 Å². The highest BCUT2D eigenvalue weighted by molar-refractivity contribution is 9.09. The second-order valence-corrected chi connectivity index (χ2v) is 6.25. The molecule has 2 nitrogen and oxygen atoms in total. The highest BCUT2D eigenvalue weighted by Gasteiger charge is 2.15. The summed E-state index contributed by atoms with van der Waals surface area (Å²) in [6, 6.07) is 2.74. The van der Waals surface area contributed by atoms with Gasteiger partial charge in [-0.2, -0.15) is 5.10 Å². The lowest BCUT2D eigenvalue weighted by atomic mass is 9.98. The summed E-state index contributed by atoms with van der Waals surface area (Å²) in [7, 11) is 0. The minimum atomic E-state index is 0.560. The van der Waals surface area contributed by atoms with Crippen LogP contribution >= 0.6 is 15.9 Å². The van der Waals surface area contributed by atoms with E-state index in [-0.39, 0.29) is 0 Å². The number of halogens is 1. The zero-order chi connectivity index (χ0) is 12.8. The molecule has 98 valence electrons. The van der Waals surface area contributed by atoms with Crippen LogP contribution in [-0.2, 0) is 6.42 Å². The Kier molecular flexibility index (Phi) is 6.24. The Bertz CT molecular complexity index is 316. The van der Waals surface area contributed by atoms with Gasteiger partial charge in [-0.05, 0) is 31.2 Å². The Labute approximate surface area is 114 Å². The van der Waals surface area contributed by atoms with Gasteiger partial charge in [-0.3, -0.25) is 4.68 Å². The van der Waals surface area contributed by atoms with Crippen molar-refractivity contribution < 1.29 is 0 Å². The van der Waals surface area contributed by atoms with E-state index < -0.39 is 0 Å². The second kappa shape index (κ2) is 7.20. The monoisotopic (exact) mass is 300 g/mol. The lowest BCUT2D eigenvalue weighted by Crippen LogP contribution is -2.14. The molecule has 0 spiro atoms. The second-order valence-electron chi connectivity index (χ2n) is 4.81. The molecule has 2 unspecified atom stereocenters. The van der Waals surface area contributed by atoms with Crippen LogP contribution in [0, 0.1) is 5.92 Å². The molecular formula is C14H25BrN2. The van der Waals surface area contributed by atoms with Gasteiger partial charge in [-0.1, -0.05) is 50.0 Å². The SMILES string of the molecule is CCC(Cc1ccn(C(CC)CC)n1)C(C)Br. The van der Waals surface area contributed by atoms with Crippen molar-refractivity contribution in [3.63, 3.8) is 0 Å². The number of rotatable bonds is 7. The summed E-state index contributed by atoms with van der Waals surface area (Å²) in [5.74, 6) is 0.681. The normalized spacial score (nSPS) is 15.2. The first-order valence-electron chi connectivity index (χ1n) is 6.80. The van der Waals surface area contributed by atoms with Crippen LogP contribution in [0.5, 0.6) is 0 Å². The van der Waals surface area contributed by atoms with E-state index in [9.17, 15) is 0 Å². The molecule has 1 rings (SSSR count). The summed E-state index contributed by atoms with van der Waals surface area (Å²) in [6.07, 6.45) is 6.73. The van der Waals surface area contributed by atoms with Crippen molar-refractivity contribution in [2.45, 2.75) is 64.2 Å². The molecule has 3 heteroatoms. The zero-order valence-electron chi connectivity index (χ0n) is 11.5. The number of nitrogens with zero attached hydrogens (tertiary/aromatic N) is 2. The average Bonchev–Trinajstić information content (AvgIpc) is 2.76. The van der Waals surface area contributed by atoms with Crippen LogP contribution in [0.3, 0.4) is 0 Å². The third-order valence-electron chi connectivity index (χ3n) is 3.63. The van der Waals surface area contributed by atoms with E-state index in [1.807, 2.05) is 0 Å². The van der Waals surface area contributed by atoms with Gasteiger partial charge in [-0.25, -0.2) is 0 Å². The smallest absolute Gasteiger partial charge is 0.0627 e. The summed E-state index contributed by atoms with van der Waals surface area (Å²) in [5.41, 5.74) is 1.23. The largest absolute Gasteiger partial charge is 0.269 e. The van der Waals surface area contributed by atoms with Crippen LogP contribution < -0.4 is 0 Å². The molecule has 0 saturated heterocycles. The van der Waals surface area contributed by atoms with E-state index in [1.54, 1.807) is 0 Å². The number of aromatic nitrogens is 2. The molecule has 0 bridgehead atoms. The highest BCUT2D eigenvalue weighted by atomic mass is 79.9. The predicted octanol–water partition coefficient (Wildman–Crippen LogP) is 4.60. The first-order chi connectivity index (χ1) is 8.12. The molecule has 0 radical (unpaired) electrons. The first kappa shape index (κ1) is 14.7. The molecule has 2 atom stereocenters. The summed E-state index contributed by atoms with van der Waals surface area (Å²) >= 11 is 3.69. The maximum atomic E-state index is 4.72. The van der Waals surface area contributed by atoms with Crippen molar-refractivity contribution in [3.8, 4) is 0 Å². The Morgan fingerprint density at radius 1 is 1.24 bits per heavy atom. The predicted molar refractivity (Wildman–Crippen MR) is 77.7 cm³/mol. The van der Waals surface area contributed by atoms with Crippen molar-refractivity contribution in [1.29, 1.82) is 0 Å². The fraction of sp³-hybridized carbons (Fsp3) is 0.786. The van der Waals surface area contributed by atoms with Gasteiger partial charge >= 0.3 is 0 Å². The Hall–Kier alpha value is -0.310. The molecular weight excluding hydrogens is 276 g/mol. The first-order valence-corrected chi connectivity index (χ1v) is 7.71. The maximum Gasteiger partial charge on any atom is 0.0627 e. The van der Waals surface area contributed by atoms with E-state index in [1.165, 1.54) is 12.1 Å². The van der Waals surface area contributed by atoms with Crippen molar-refractivity contribution in [1.82, 2.24) is 9.78 Å². The van der Waals surface area contributed by atoms with Gasteiger partial charge in [-0.15, -0.1) is 0 Å². The summed E-state index contributed by atoms with van der Waals surface area (Å²) in [5, 5.41) is 4.72. The van der Waals surface area contributed by atoms with Crippen molar-refractivity contribution in [2.75, 3.05) is 0 Å². The zero-order valence-corrected chi connectivity index (χ0v) is 13.1. The molecule has 1 heterocycles. The lowest BCUT2D eigenvalue weighted by molar-refractivity contribution is 0.420. The third kappa shape index (κ3) is 4.13. The van der Waals surface area contributed by atoms with E-state index in [0.29, 0.717) is 16.8 Å². The number of hydrogen-bond donors (Lipinski definition) is 0. The van der Waals surface area contributed by atoms with Crippen LogP contribution in [0.15, 0.2) is 12.3 Å². The standard InChI is InChI=1S/C14H25BrN2/c1-5-12(11(4)15)10-13-8-9-17(16-13)14(6-2)7-3/h8-9,11-12,14H,5-7,10H2,1-4H3. The van der Waals surface area contributed by atoms with E-state index >= 15 is 0 Å². The molecule has 0 saturated carbocycles. The molecule has 17 heavy (non-hydrogen) atoms. The Balaban J connectivity index is 2.67. The van der Waals surface area contributed by atoms with Gasteiger partial charge in [0.25, 0.3) is 0 Å². The van der Waals surface area contributed by atoms with Gasteiger partial charge in [0.2, 0.25) is 0 Å². The summed E-state index contributed by atoms with van der Waals surface area (Å²) in [4.78, 5) is 0.561. The van der Waals surface area contributed by atoms with Crippen molar-refractivity contribution >= 4 is 15.9 Å². The molecule has 0 amide bonds. The number of hydrogen-bond acceptors (Lipinski definition) is 1. The van der Waals surface area contributed by atoms with E-state index in [2.05, 4.69) is 60.6 Å². The maximum absolute atomic E-state index is 4.72. The molecule has 0 aliphatic rings. The van der Waals surface area contributed by atoms with Gasteiger partial charge in [0.05, 0.1) is 11.7 Å². The van der Waals surface area contributed by atoms with Crippen LogP contribution in [0.4, 0.5) is 0 Å². The molecule has 0 aliphatic heterocycles. The van der Waals surface area contributed by atoms with Crippen LogP contribution in [0.25, 0.3) is 0 Å². The topological polar surface area (TPSA) is 17.8 Å². The molecule has 1 aromatic heterocycles. The quantitative estimate of drug-likeness (QED) is 0.673. The van der Waals surface area contributed by atoms with Gasteiger partial charge < -0.3 is 0 Å². The molecule has 0 N–H and O–H groups in total. The minimum Gasteiger partial charge on any atom is -0.269 e. The van der Waals surface area contributed by atoms with Crippen LogP contribution in [0.1, 0.15) is 58.7 Å². The summed E-state index contributed by atoms with van der Waals surface area (Å²) in [6.45, 7) is 8.93. The minimum absolute atomic E-state index is 0.560. The van der Waals surface area contributed by atoms with Gasteiger partial charge in [0, 0.05) is 11.0 Å². The van der Waals surface area contributed by atoms with E-state index in [0.717, 1.165) is 19.3 Å². The molecule has 0 aliphatic carbocycles.